The van der Waals surface area contributed by atoms with Crippen molar-refractivity contribution in [3.8, 4) is 44.5 Å². The van der Waals surface area contributed by atoms with Gasteiger partial charge in [0, 0.05) is 16.3 Å². The molecule has 12 rings (SSSR count). The molecule has 1 heteroatoms. The minimum absolute atomic E-state index is 0.895. The SMILES string of the molecule is c1ccc2c(-c3c4ccccc4c(-c4ccc(-c5ccc6oc7c(-c8cc9ccccc9c9ccccc89)cccc7c6c5)cc4)c4ccccc34)cccc2c1. The number of rotatable bonds is 4. The normalized spacial score (nSPS) is 11.9. The summed E-state index contributed by atoms with van der Waals surface area (Å²) >= 11 is 0. The van der Waals surface area contributed by atoms with Gasteiger partial charge >= 0.3 is 0 Å². The Hall–Kier alpha value is -7.48. The molecule has 0 bridgehead atoms. The molecule has 0 aliphatic rings. The summed E-state index contributed by atoms with van der Waals surface area (Å²) in [5.41, 5.74) is 11.5. The zero-order valence-electron chi connectivity index (χ0n) is 31.0. The maximum Gasteiger partial charge on any atom is 0.143 e. The standard InChI is InChI=1S/C56H34O/c1-3-16-40-36(13-1)15-11-24-44(40)55-47-22-9-7-20-45(47)54(46-21-8-10-23-48(46)55)37-29-27-35(28-30-37)38-31-32-53-52(33-38)50-26-12-25-49(56(50)57-53)51-34-39-14-2-4-17-41(39)42-18-5-6-19-43(42)51/h1-34H. The van der Waals surface area contributed by atoms with Gasteiger partial charge in [0.2, 0.25) is 0 Å². The van der Waals surface area contributed by atoms with Gasteiger partial charge in [-0.05, 0) is 111 Å². The minimum Gasteiger partial charge on any atom is -0.455 e. The first-order valence-corrected chi connectivity index (χ1v) is 19.7. The van der Waals surface area contributed by atoms with E-state index >= 15 is 0 Å². The number of para-hydroxylation sites is 1. The van der Waals surface area contributed by atoms with Gasteiger partial charge in [-0.1, -0.05) is 188 Å². The minimum atomic E-state index is 0.895. The summed E-state index contributed by atoms with van der Waals surface area (Å²) in [5, 5.41) is 14.8. The third kappa shape index (κ3) is 4.89. The molecular formula is C56H34O. The molecule has 1 aromatic heterocycles. The van der Waals surface area contributed by atoms with Crippen LogP contribution in [0.3, 0.4) is 0 Å². The van der Waals surface area contributed by atoms with Gasteiger partial charge < -0.3 is 4.42 Å². The van der Waals surface area contributed by atoms with Gasteiger partial charge in [0.05, 0.1) is 0 Å². The Morgan fingerprint density at radius 3 is 1.49 bits per heavy atom. The molecular weight excluding hydrogens is 689 g/mol. The van der Waals surface area contributed by atoms with E-state index in [4.69, 9.17) is 4.42 Å². The Kier molecular flexibility index (Phi) is 7.00. The van der Waals surface area contributed by atoms with Crippen LogP contribution >= 0.6 is 0 Å². The lowest BCUT2D eigenvalue weighted by molar-refractivity contribution is 0.670. The fraction of sp³-hybridized carbons (Fsp3) is 0. The van der Waals surface area contributed by atoms with Gasteiger partial charge in [-0.3, -0.25) is 0 Å². The van der Waals surface area contributed by atoms with Crippen molar-refractivity contribution in [1.29, 1.82) is 0 Å². The molecule has 0 spiro atoms. The molecule has 0 radical (unpaired) electrons. The van der Waals surface area contributed by atoms with Crippen LogP contribution in [0.5, 0.6) is 0 Å². The molecule has 0 saturated carbocycles. The summed E-state index contributed by atoms with van der Waals surface area (Å²) < 4.78 is 6.71. The van der Waals surface area contributed by atoms with Crippen LogP contribution in [-0.2, 0) is 0 Å². The van der Waals surface area contributed by atoms with E-state index in [2.05, 4.69) is 206 Å². The molecule has 12 aromatic rings. The zero-order valence-corrected chi connectivity index (χ0v) is 31.0. The van der Waals surface area contributed by atoms with Crippen molar-refractivity contribution in [2.24, 2.45) is 0 Å². The van der Waals surface area contributed by atoms with Crippen molar-refractivity contribution < 1.29 is 4.42 Å². The molecule has 0 atom stereocenters. The van der Waals surface area contributed by atoms with Crippen LogP contribution in [0.4, 0.5) is 0 Å². The summed E-state index contributed by atoms with van der Waals surface area (Å²) in [6.45, 7) is 0. The topological polar surface area (TPSA) is 13.1 Å². The average Bonchev–Trinajstić information content (AvgIpc) is 3.66. The molecule has 0 fully saturated rings. The van der Waals surface area contributed by atoms with E-state index in [0.717, 1.165) is 27.5 Å². The molecule has 0 amide bonds. The second-order valence-corrected chi connectivity index (χ2v) is 15.1. The van der Waals surface area contributed by atoms with Gasteiger partial charge in [0.25, 0.3) is 0 Å². The van der Waals surface area contributed by atoms with Crippen LogP contribution in [0.1, 0.15) is 0 Å². The summed E-state index contributed by atoms with van der Waals surface area (Å²) in [6, 6.07) is 75.2. The second-order valence-electron chi connectivity index (χ2n) is 15.1. The van der Waals surface area contributed by atoms with E-state index in [0.29, 0.717) is 0 Å². The molecule has 0 N–H and O–H groups in total. The van der Waals surface area contributed by atoms with Crippen molar-refractivity contribution >= 4 is 75.8 Å². The van der Waals surface area contributed by atoms with Crippen LogP contribution in [0.15, 0.2) is 211 Å². The van der Waals surface area contributed by atoms with E-state index in [9.17, 15) is 0 Å². The van der Waals surface area contributed by atoms with Gasteiger partial charge in [-0.25, -0.2) is 0 Å². The average molecular weight is 723 g/mol. The lowest BCUT2D eigenvalue weighted by Gasteiger charge is -2.19. The summed E-state index contributed by atoms with van der Waals surface area (Å²) in [4.78, 5) is 0. The molecule has 0 aliphatic carbocycles. The summed E-state index contributed by atoms with van der Waals surface area (Å²) in [5.74, 6) is 0. The first-order valence-electron chi connectivity index (χ1n) is 19.7. The van der Waals surface area contributed by atoms with E-state index in [1.807, 2.05) is 0 Å². The fourth-order valence-electron chi connectivity index (χ4n) is 9.47. The molecule has 11 aromatic carbocycles. The van der Waals surface area contributed by atoms with Crippen LogP contribution in [0.2, 0.25) is 0 Å². The van der Waals surface area contributed by atoms with Crippen LogP contribution in [0, 0.1) is 0 Å². The highest BCUT2D eigenvalue weighted by Crippen LogP contribution is 2.46. The Labute approximate surface area is 329 Å². The quantitative estimate of drug-likeness (QED) is 0.130. The second kappa shape index (κ2) is 12.5. The highest BCUT2D eigenvalue weighted by molar-refractivity contribution is 6.24. The fourth-order valence-corrected chi connectivity index (χ4v) is 9.47. The molecule has 1 heterocycles. The Morgan fingerprint density at radius 1 is 0.246 bits per heavy atom. The zero-order chi connectivity index (χ0) is 37.5. The number of hydrogen-bond acceptors (Lipinski definition) is 1. The summed E-state index contributed by atoms with van der Waals surface area (Å²) in [7, 11) is 0. The number of fused-ring (bicyclic) bond motifs is 9. The van der Waals surface area contributed by atoms with E-state index in [1.165, 1.54) is 92.8 Å². The largest absolute Gasteiger partial charge is 0.455 e. The Balaban J connectivity index is 0.987. The maximum absolute atomic E-state index is 6.71. The first kappa shape index (κ1) is 31.8. The molecule has 264 valence electrons. The molecule has 0 aliphatic heterocycles. The van der Waals surface area contributed by atoms with Gasteiger partial charge in [-0.15, -0.1) is 0 Å². The smallest absolute Gasteiger partial charge is 0.143 e. The van der Waals surface area contributed by atoms with Crippen molar-refractivity contribution in [1.82, 2.24) is 0 Å². The monoisotopic (exact) mass is 722 g/mol. The van der Waals surface area contributed by atoms with Gasteiger partial charge in [-0.2, -0.15) is 0 Å². The van der Waals surface area contributed by atoms with Gasteiger partial charge in [0.1, 0.15) is 11.2 Å². The molecule has 1 nitrogen and oxygen atoms in total. The van der Waals surface area contributed by atoms with Crippen LogP contribution in [-0.4, -0.2) is 0 Å². The van der Waals surface area contributed by atoms with Crippen molar-refractivity contribution in [2.75, 3.05) is 0 Å². The van der Waals surface area contributed by atoms with Crippen LogP contribution in [0.25, 0.3) is 120 Å². The van der Waals surface area contributed by atoms with Crippen molar-refractivity contribution in [3.05, 3.63) is 206 Å². The van der Waals surface area contributed by atoms with E-state index < -0.39 is 0 Å². The molecule has 57 heavy (non-hydrogen) atoms. The Bertz CT molecular complexity index is 3510. The lowest BCUT2D eigenvalue weighted by Crippen LogP contribution is -1.91. The highest BCUT2D eigenvalue weighted by atomic mass is 16.3. The van der Waals surface area contributed by atoms with E-state index in [-0.39, 0.29) is 0 Å². The van der Waals surface area contributed by atoms with Crippen LogP contribution < -0.4 is 0 Å². The predicted molar refractivity (Wildman–Crippen MR) is 243 cm³/mol. The highest BCUT2D eigenvalue weighted by Gasteiger charge is 2.19. The predicted octanol–water partition coefficient (Wildman–Crippen LogP) is 16.0. The third-order valence-electron chi connectivity index (χ3n) is 12.1. The summed E-state index contributed by atoms with van der Waals surface area (Å²) in [6.07, 6.45) is 0. The first-order chi connectivity index (χ1) is 28.3. The molecule has 0 saturated heterocycles. The lowest BCUT2D eigenvalue weighted by atomic mass is 9.84. The third-order valence-corrected chi connectivity index (χ3v) is 12.1. The van der Waals surface area contributed by atoms with Gasteiger partial charge in [0.15, 0.2) is 0 Å². The van der Waals surface area contributed by atoms with Crippen molar-refractivity contribution in [3.63, 3.8) is 0 Å². The maximum atomic E-state index is 6.71. The number of benzene rings is 11. The Morgan fingerprint density at radius 2 is 0.754 bits per heavy atom. The molecule has 0 unspecified atom stereocenters. The number of furan rings is 1. The van der Waals surface area contributed by atoms with E-state index in [1.54, 1.807) is 0 Å². The number of hydrogen-bond donors (Lipinski definition) is 0. The van der Waals surface area contributed by atoms with Crippen molar-refractivity contribution in [2.45, 2.75) is 0 Å².